The monoisotopic (exact) mass is 314 g/mol. The van der Waals surface area contributed by atoms with E-state index >= 15 is 0 Å². The minimum Gasteiger partial charge on any atom is -0.378 e. The number of benzene rings is 1. The molecule has 0 bridgehead atoms. The molecule has 4 rings (SSSR count). The quantitative estimate of drug-likeness (QED) is 0.858. The topological polar surface area (TPSA) is 32.3 Å². The third-order valence-corrected chi connectivity index (χ3v) is 5.41. The van der Waals surface area contributed by atoms with Crippen LogP contribution in [-0.4, -0.2) is 30.0 Å². The average Bonchev–Trinajstić information content (AvgIpc) is 3.07. The molecule has 4 nitrogen and oxygen atoms in total. The summed E-state index contributed by atoms with van der Waals surface area (Å²) in [6, 6.07) is 9.33. The predicted octanol–water partition coefficient (Wildman–Crippen LogP) is 3.82. The molecule has 0 spiro atoms. The number of anilines is 2. The molecule has 1 aliphatic carbocycles. The summed E-state index contributed by atoms with van der Waals surface area (Å²) >= 11 is 1.58. The molecule has 2 heterocycles. The third kappa shape index (κ3) is 2.58. The van der Waals surface area contributed by atoms with Crippen LogP contribution in [0.15, 0.2) is 24.3 Å². The van der Waals surface area contributed by atoms with E-state index in [9.17, 15) is 0 Å². The van der Waals surface area contributed by atoms with Gasteiger partial charge in [-0.2, -0.15) is 4.37 Å². The Labute approximate surface area is 136 Å². The van der Waals surface area contributed by atoms with Crippen LogP contribution < -0.4 is 9.80 Å². The lowest BCUT2D eigenvalue weighted by Gasteiger charge is -2.25. The second-order valence-electron chi connectivity index (χ2n) is 6.55. The summed E-state index contributed by atoms with van der Waals surface area (Å²) in [5.74, 6) is 1.72. The van der Waals surface area contributed by atoms with Crippen molar-refractivity contribution in [3.05, 3.63) is 35.7 Å². The van der Waals surface area contributed by atoms with E-state index in [1.165, 1.54) is 36.9 Å². The zero-order valence-electron chi connectivity index (χ0n) is 13.2. The van der Waals surface area contributed by atoms with Gasteiger partial charge in [0.25, 0.3) is 0 Å². The van der Waals surface area contributed by atoms with E-state index in [1.54, 1.807) is 11.5 Å². The molecule has 0 amide bonds. The van der Waals surface area contributed by atoms with Gasteiger partial charge in [-0.3, -0.25) is 0 Å². The molecule has 1 saturated carbocycles. The van der Waals surface area contributed by atoms with E-state index < -0.39 is 0 Å². The summed E-state index contributed by atoms with van der Waals surface area (Å²) in [6.45, 7) is 1.09. The Hall–Kier alpha value is -1.62. The maximum absolute atomic E-state index is 4.81. The highest BCUT2D eigenvalue weighted by atomic mass is 32.1. The summed E-state index contributed by atoms with van der Waals surface area (Å²) < 4.78 is 4.58. The smallest absolute Gasteiger partial charge is 0.205 e. The van der Waals surface area contributed by atoms with Crippen LogP contribution in [0.5, 0.6) is 0 Å². The highest BCUT2D eigenvalue weighted by molar-refractivity contribution is 7.09. The minimum absolute atomic E-state index is 0.444. The van der Waals surface area contributed by atoms with E-state index in [1.807, 2.05) is 0 Å². The fourth-order valence-electron chi connectivity index (χ4n) is 3.20. The first-order valence-corrected chi connectivity index (χ1v) is 8.87. The van der Waals surface area contributed by atoms with Crippen LogP contribution in [0.4, 0.5) is 10.8 Å². The van der Waals surface area contributed by atoms with E-state index in [4.69, 9.17) is 4.98 Å². The van der Waals surface area contributed by atoms with E-state index in [2.05, 4.69) is 52.5 Å². The van der Waals surface area contributed by atoms with Crippen molar-refractivity contribution in [3.8, 4) is 0 Å². The van der Waals surface area contributed by atoms with Crippen molar-refractivity contribution in [1.29, 1.82) is 0 Å². The van der Waals surface area contributed by atoms with Crippen LogP contribution in [0.25, 0.3) is 0 Å². The number of hydrogen-bond acceptors (Lipinski definition) is 5. The molecule has 2 aliphatic rings. The van der Waals surface area contributed by atoms with Crippen LogP contribution in [0.2, 0.25) is 0 Å². The Bertz CT molecular complexity index is 662. The molecule has 2 fully saturated rings. The van der Waals surface area contributed by atoms with Gasteiger partial charge < -0.3 is 9.80 Å². The summed E-state index contributed by atoms with van der Waals surface area (Å²) in [5, 5.41) is 1.11. The molecule has 1 atom stereocenters. The van der Waals surface area contributed by atoms with E-state index in [-0.39, 0.29) is 0 Å². The molecule has 1 aromatic heterocycles. The molecule has 1 saturated heterocycles. The van der Waals surface area contributed by atoms with Gasteiger partial charge in [-0.25, -0.2) is 4.98 Å². The van der Waals surface area contributed by atoms with E-state index in [0.717, 1.165) is 17.5 Å². The maximum atomic E-state index is 4.81. The summed E-state index contributed by atoms with van der Waals surface area (Å²) in [6.07, 6.45) is 4.97. The van der Waals surface area contributed by atoms with Gasteiger partial charge in [-0.15, -0.1) is 0 Å². The van der Waals surface area contributed by atoms with Crippen molar-refractivity contribution in [2.75, 3.05) is 30.4 Å². The molecule has 1 aliphatic heterocycles. The molecule has 1 aromatic carbocycles. The molecule has 2 aromatic rings. The fourth-order valence-corrected chi connectivity index (χ4v) is 4.03. The Morgan fingerprint density at radius 1 is 1.23 bits per heavy atom. The predicted molar refractivity (Wildman–Crippen MR) is 92.0 cm³/mol. The Kier molecular flexibility index (Phi) is 3.53. The van der Waals surface area contributed by atoms with Gasteiger partial charge in [0.1, 0.15) is 5.82 Å². The normalized spacial score (nSPS) is 21.4. The average molecular weight is 314 g/mol. The summed E-state index contributed by atoms with van der Waals surface area (Å²) in [4.78, 5) is 9.43. The first-order valence-electron chi connectivity index (χ1n) is 8.10. The van der Waals surface area contributed by atoms with Crippen molar-refractivity contribution >= 4 is 22.4 Å². The number of hydrogen-bond donors (Lipinski definition) is 0. The first-order chi connectivity index (χ1) is 10.7. The zero-order chi connectivity index (χ0) is 15.1. The van der Waals surface area contributed by atoms with Gasteiger partial charge in [-0.1, -0.05) is 12.1 Å². The largest absolute Gasteiger partial charge is 0.378 e. The van der Waals surface area contributed by atoms with Crippen molar-refractivity contribution in [1.82, 2.24) is 9.36 Å². The lowest BCUT2D eigenvalue weighted by atomic mass is 10.0. The second kappa shape index (κ2) is 5.54. The fraction of sp³-hybridized carbons (Fsp3) is 0.529. The molecule has 116 valence electrons. The first kappa shape index (κ1) is 14.0. The van der Waals surface area contributed by atoms with Gasteiger partial charge in [0.15, 0.2) is 0 Å². The molecule has 5 heteroatoms. The molecule has 1 unspecified atom stereocenters. The molecular formula is C17H22N4S. The highest BCUT2D eigenvalue weighted by Crippen LogP contribution is 2.42. The Morgan fingerprint density at radius 3 is 2.86 bits per heavy atom. The van der Waals surface area contributed by atoms with Gasteiger partial charge >= 0.3 is 0 Å². The minimum atomic E-state index is 0.444. The Morgan fingerprint density at radius 2 is 2.09 bits per heavy atom. The summed E-state index contributed by atoms with van der Waals surface area (Å²) in [5.41, 5.74) is 2.66. The highest BCUT2D eigenvalue weighted by Gasteiger charge is 2.32. The SMILES string of the molecule is CN(C)c1cccc(C2CCCN2c2nc(C3CC3)ns2)c1. The van der Waals surface area contributed by atoms with E-state index in [0.29, 0.717) is 12.0 Å². The molecule has 0 radical (unpaired) electrons. The van der Waals surface area contributed by atoms with Crippen molar-refractivity contribution in [3.63, 3.8) is 0 Å². The van der Waals surface area contributed by atoms with Gasteiger partial charge in [0.2, 0.25) is 5.13 Å². The van der Waals surface area contributed by atoms with Crippen molar-refractivity contribution in [2.24, 2.45) is 0 Å². The van der Waals surface area contributed by atoms with Crippen molar-refractivity contribution < 1.29 is 0 Å². The van der Waals surface area contributed by atoms with Crippen molar-refractivity contribution in [2.45, 2.75) is 37.6 Å². The molecule has 22 heavy (non-hydrogen) atoms. The van der Waals surface area contributed by atoms with Crippen LogP contribution in [-0.2, 0) is 0 Å². The zero-order valence-corrected chi connectivity index (χ0v) is 14.0. The molecule has 0 N–H and O–H groups in total. The number of rotatable bonds is 4. The number of aromatic nitrogens is 2. The lowest BCUT2D eigenvalue weighted by molar-refractivity contribution is 0.715. The van der Waals surface area contributed by atoms with Crippen LogP contribution in [0.3, 0.4) is 0 Å². The summed E-state index contributed by atoms with van der Waals surface area (Å²) in [7, 11) is 4.19. The molecular weight excluding hydrogens is 292 g/mol. The Balaban J connectivity index is 1.61. The second-order valence-corrected chi connectivity index (χ2v) is 7.28. The standard InChI is InChI=1S/C17H22N4S/c1-20(2)14-6-3-5-13(11-14)15-7-4-10-21(15)17-18-16(19-22-17)12-8-9-12/h3,5-6,11-12,15H,4,7-10H2,1-2H3. The number of nitrogens with zero attached hydrogens (tertiary/aromatic N) is 4. The van der Waals surface area contributed by atoms with Crippen LogP contribution >= 0.6 is 11.5 Å². The van der Waals surface area contributed by atoms with Crippen LogP contribution in [0.1, 0.15) is 49.0 Å². The van der Waals surface area contributed by atoms with Gasteiger partial charge in [0, 0.05) is 43.8 Å². The maximum Gasteiger partial charge on any atom is 0.205 e. The lowest BCUT2D eigenvalue weighted by Crippen LogP contribution is -2.22. The van der Waals surface area contributed by atoms with Gasteiger partial charge in [-0.05, 0) is 43.4 Å². The third-order valence-electron chi connectivity index (χ3n) is 4.64. The van der Waals surface area contributed by atoms with Gasteiger partial charge in [0.05, 0.1) is 6.04 Å². The van der Waals surface area contributed by atoms with Crippen LogP contribution in [0, 0.1) is 0 Å².